The molecule has 0 N–H and O–H groups in total. The van der Waals surface area contributed by atoms with Crippen LogP contribution in [0.15, 0.2) is 23.1 Å². The minimum absolute atomic E-state index is 0.574. The largest absolute Gasteiger partial charge is 0.192 e. The first-order valence-electron chi connectivity index (χ1n) is 4.84. The van der Waals surface area contributed by atoms with E-state index in [2.05, 4.69) is 26.0 Å². The van der Waals surface area contributed by atoms with Gasteiger partial charge in [-0.1, -0.05) is 19.9 Å². The fourth-order valence-electron chi connectivity index (χ4n) is 1.13. The van der Waals surface area contributed by atoms with Crippen molar-refractivity contribution in [3.8, 4) is 6.07 Å². The molecule has 0 aliphatic heterocycles. The summed E-state index contributed by atoms with van der Waals surface area (Å²) in [4.78, 5) is 1.10. The van der Waals surface area contributed by atoms with Crippen LogP contribution in [0.4, 0.5) is 0 Å². The minimum Gasteiger partial charge on any atom is -0.192 e. The Labute approximate surface area is 90.1 Å². The maximum Gasteiger partial charge on any atom is 0.100 e. The van der Waals surface area contributed by atoms with Gasteiger partial charge in [-0.25, -0.2) is 0 Å². The van der Waals surface area contributed by atoms with Crippen LogP contribution in [0.2, 0.25) is 0 Å². The number of hydrogen-bond acceptors (Lipinski definition) is 2. The van der Waals surface area contributed by atoms with Crippen molar-refractivity contribution in [1.29, 1.82) is 5.26 Å². The van der Waals surface area contributed by atoms with Gasteiger partial charge in [0.1, 0.15) is 6.07 Å². The highest BCUT2D eigenvalue weighted by molar-refractivity contribution is 8.00. The molecule has 2 heteroatoms. The lowest BCUT2D eigenvalue weighted by atomic mass is 10.2. The molecule has 0 amide bonds. The number of rotatable bonds is 3. The number of benzene rings is 1. The molecule has 1 aromatic rings. The molecule has 0 bridgehead atoms. The molecule has 0 aliphatic rings. The quantitative estimate of drug-likeness (QED) is 0.701. The molecule has 1 aromatic carbocycles. The summed E-state index contributed by atoms with van der Waals surface area (Å²) in [6.07, 6.45) is 1.13. The lowest BCUT2D eigenvalue weighted by Gasteiger charge is -2.09. The van der Waals surface area contributed by atoms with Crippen LogP contribution in [0, 0.1) is 18.3 Å². The number of nitriles is 1. The molecule has 0 heterocycles. The van der Waals surface area contributed by atoms with Gasteiger partial charge < -0.3 is 0 Å². The van der Waals surface area contributed by atoms with Crippen molar-refractivity contribution in [2.45, 2.75) is 37.3 Å². The van der Waals surface area contributed by atoms with E-state index in [4.69, 9.17) is 5.26 Å². The Kier molecular flexibility index (Phi) is 4.03. The molecule has 1 nitrogen and oxygen atoms in total. The third-order valence-corrected chi connectivity index (χ3v) is 3.50. The molecule has 0 fully saturated rings. The zero-order valence-corrected chi connectivity index (χ0v) is 9.69. The molecule has 14 heavy (non-hydrogen) atoms. The fraction of sp³-hybridized carbons (Fsp3) is 0.417. The minimum atomic E-state index is 0.574. The Morgan fingerprint density at radius 1 is 1.50 bits per heavy atom. The average Bonchev–Trinajstić information content (AvgIpc) is 2.20. The molecule has 0 radical (unpaired) electrons. The van der Waals surface area contributed by atoms with Crippen molar-refractivity contribution in [2.75, 3.05) is 0 Å². The van der Waals surface area contributed by atoms with Crippen molar-refractivity contribution in [1.82, 2.24) is 0 Å². The normalized spacial score (nSPS) is 12.1. The van der Waals surface area contributed by atoms with Crippen molar-refractivity contribution in [3.05, 3.63) is 29.3 Å². The van der Waals surface area contributed by atoms with Crippen LogP contribution in [0.5, 0.6) is 0 Å². The SMILES string of the molecule is CCC(C)Sc1ccc(C)cc1C#N. The Bertz CT molecular complexity index is 352. The molecule has 1 rings (SSSR count). The molecule has 0 aromatic heterocycles. The van der Waals surface area contributed by atoms with Crippen molar-refractivity contribution < 1.29 is 0 Å². The molecule has 0 spiro atoms. The van der Waals surface area contributed by atoms with Crippen molar-refractivity contribution >= 4 is 11.8 Å². The number of aryl methyl sites for hydroxylation is 1. The van der Waals surface area contributed by atoms with Gasteiger partial charge in [0.2, 0.25) is 0 Å². The Balaban J connectivity index is 2.92. The van der Waals surface area contributed by atoms with E-state index in [1.54, 1.807) is 11.8 Å². The molecule has 0 aliphatic carbocycles. The van der Waals surface area contributed by atoms with Gasteiger partial charge in [0.15, 0.2) is 0 Å². The van der Waals surface area contributed by atoms with E-state index in [0.717, 1.165) is 22.4 Å². The summed E-state index contributed by atoms with van der Waals surface area (Å²) in [6.45, 7) is 6.36. The third-order valence-electron chi connectivity index (χ3n) is 2.16. The molecule has 74 valence electrons. The summed E-state index contributed by atoms with van der Waals surface area (Å²) in [5.74, 6) is 0. The van der Waals surface area contributed by atoms with E-state index >= 15 is 0 Å². The summed E-state index contributed by atoms with van der Waals surface area (Å²) in [5, 5.41) is 9.54. The summed E-state index contributed by atoms with van der Waals surface area (Å²) >= 11 is 1.78. The summed E-state index contributed by atoms with van der Waals surface area (Å²) < 4.78 is 0. The van der Waals surface area contributed by atoms with E-state index in [1.807, 2.05) is 19.1 Å². The molecule has 0 saturated heterocycles. The maximum atomic E-state index is 8.97. The van der Waals surface area contributed by atoms with Crippen LogP contribution >= 0.6 is 11.8 Å². The van der Waals surface area contributed by atoms with Crippen LogP contribution in [-0.2, 0) is 0 Å². The average molecular weight is 205 g/mol. The molecule has 0 saturated carbocycles. The van der Waals surface area contributed by atoms with Gasteiger partial charge in [-0.3, -0.25) is 0 Å². The second-order valence-corrected chi connectivity index (χ2v) is 4.93. The standard InChI is InChI=1S/C12H15NS/c1-4-10(3)14-12-6-5-9(2)7-11(12)8-13/h5-7,10H,4H2,1-3H3. The van der Waals surface area contributed by atoms with Crippen LogP contribution < -0.4 is 0 Å². The summed E-state index contributed by atoms with van der Waals surface area (Å²) in [6, 6.07) is 8.30. The Morgan fingerprint density at radius 3 is 2.79 bits per heavy atom. The number of thioether (sulfide) groups is 1. The summed E-state index contributed by atoms with van der Waals surface area (Å²) in [5.41, 5.74) is 1.95. The van der Waals surface area contributed by atoms with E-state index in [-0.39, 0.29) is 0 Å². The second kappa shape index (κ2) is 5.07. The van der Waals surface area contributed by atoms with Gasteiger partial charge >= 0.3 is 0 Å². The fourth-order valence-corrected chi connectivity index (χ4v) is 2.11. The Morgan fingerprint density at radius 2 is 2.21 bits per heavy atom. The first-order valence-corrected chi connectivity index (χ1v) is 5.72. The number of nitrogens with zero attached hydrogens (tertiary/aromatic N) is 1. The molecule has 1 unspecified atom stereocenters. The molecule has 1 atom stereocenters. The van der Waals surface area contributed by atoms with Crippen molar-refractivity contribution in [2.24, 2.45) is 0 Å². The van der Waals surface area contributed by atoms with E-state index < -0.39 is 0 Å². The Hall–Kier alpha value is -0.940. The van der Waals surface area contributed by atoms with E-state index in [9.17, 15) is 0 Å². The zero-order chi connectivity index (χ0) is 10.6. The van der Waals surface area contributed by atoms with Gasteiger partial charge in [0.25, 0.3) is 0 Å². The van der Waals surface area contributed by atoms with Crippen LogP contribution in [0.3, 0.4) is 0 Å². The second-order valence-electron chi connectivity index (χ2n) is 3.45. The lowest BCUT2D eigenvalue weighted by Crippen LogP contribution is -1.93. The highest BCUT2D eigenvalue weighted by Gasteiger charge is 2.06. The van der Waals surface area contributed by atoms with Gasteiger partial charge in [-0.15, -0.1) is 11.8 Å². The number of hydrogen-bond donors (Lipinski definition) is 0. The van der Waals surface area contributed by atoms with Crippen LogP contribution in [-0.4, -0.2) is 5.25 Å². The monoisotopic (exact) mass is 205 g/mol. The van der Waals surface area contributed by atoms with Gasteiger partial charge in [0, 0.05) is 10.1 Å². The van der Waals surface area contributed by atoms with Gasteiger partial charge in [-0.05, 0) is 31.0 Å². The van der Waals surface area contributed by atoms with Crippen molar-refractivity contribution in [3.63, 3.8) is 0 Å². The maximum absolute atomic E-state index is 8.97. The topological polar surface area (TPSA) is 23.8 Å². The zero-order valence-electron chi connectivity index (χ0n) is 8.87. The highest BCUT2D eigenvalue weighted by atomic mass is 32.2. The van der Waals surface area contributed by atoms with E-state index in [1.165, 1.54) is 0 Å². The first-order chi connectivity index (χ1) is 6.67. The predicted molar refractivity (Wildman–Crippen MR) is 61.5 cm³/mol. The first kappa shape index (κ1) is 11.1. The van der Waals surface area contributed by atoms with Crippen LogP contribution in [0.1, 0.15) is 31.4 Å². The lowest BCUT2D eigenvalue weighted by molar-refractivity contribution is 0.905. The summed E-state index contributed by atoms with van der Waals surface area (Å²) in [7, 11) is 0. The molecular weight excluding hydrogens is 190 g/mol. The smallest absolute Gasteiger partial charge is 0.100 e. The predicted octanol–water partition coefficient (Wildman–Crippen LogP) is 3.76. The van der Waals surface area contributed by atoms with Crippen LogP contribution in [0.25, 0.3) is 0 Å². The van der Waals surface area contributed by atoms with E-state index in [0.29, 0.717) is 5.25 Å². The highest BCUT2D eigenvalue weighted by Crippen LogP contribution is 2.28. The third kappa shape index (κ3) is 2.78. The molecular formula is C12H15NS. The van der Waals surface area contributed by atoms with Gasteiger partial charge in [0.05, 0.1) is 5.56 Å². The van der Waals surface area contributed by atoms with Gasteiger partial charge in [-0.2, -0.15) is 5.26 Å².